The molecule has 2 atom stereocenters. The van der Waals surface area contributed by atoms with Gasteiger partial charge in [0.2, 0.25) is 5.89 Å². The molecule has 0 aliphatic carbocycles. The molecule has 6 nitrogen and oxygen atoms in total. The zero-order valence-corrected chi connectivity index (χ0v) is 12.9. The summed E-state index contributed by atoms with van der Waals surface area (Å²) >= 11 is 0. The van der Waals surface area contributed by atoms with E-state index in [0.29, 0.717) is 18.4 Å². The van der Waals surface area contributed by atoms with Crippen LogP contribution >= 0.6 is 0 Å². The largest absolute Gasteiger partial charge is 0.475 e. The second kappa shape index (κ2) is 5.43. The van der Waals surface area contributed by atoms with Gasteiger partial charge in [0.25, 0.3) is 5.88 Å². The Morgan fingerprint density at radius 2 is 2.14 bits per heavy atom. The standard InChI is InChI=1S/C16H20N2O4/c1-9(15-18-16-13(22-15)4-3-5-19-16)6-11-7-14-12(8-20-11)17-10(2)21-14/h9,11H,3-8H2,1-2H3. The van der Waals surface area contributed by atoms with Gasteiger partial charge in [0.15, 0.2) is 11.7 Å². The van der Waals surface area contributed by atoms with Crippen LogP contribution in [0.15, 0.2) is 8.83 Å². The molecule has 0 aromatic carbocycles. The number of oxazole rings is 2. The molecule has 22 heavy (non-hydrogen) atoms. The summed E-state index contributed by atoms with van der Waals surface area (Å²) in [5.41, 5.74) is 0.932. The third-order valence-electron chi connectivity index (χ3n) is 4.26. The first-order valence-corrected chi connectivity index (χ1v) is 7.88. The highest BCUT2D eigenvalue weighted by atomic mass is 16.5. The van der Waals surface area contributed by atoms with E-state index in [9.17, 15) is 0 Å². The minimum Gasteiger partial charge on any atom is -0.475 e. The summed E-state index contributed by atoms with van der Waals surface area (Å²) < 4.78 is 22.9. The molecule has 0 saturated carbocycles. The average Bonchev–Trinajstić information content (AvgIpc) is 3.08. The van der Waals surface area contributed by atoms with Crippen molar-refractivity contribution in [3.8, 4) is 5.88 Å². The monoisotopic (exact) mass is 304 g/mol. The Morgan fingerprint density at radius 1 is 1.23 bits per heavy atom. The molecule has 4 heterocycles. The van der Waals surface area contributed by atoms with Gasteiger partial charge in [-0.1, -0.05) is 6.92 Å². The van der Waals surface area contributed by atoms with Gasteiger partial charge in [-0.05, 0) is 12.8 Å². The van der Waals surface area contributed by atoms with Crippen LogP contribution < -0.4 is 4.74 Å². The van der Waals surface area contributed by atoms with Gasteiger partial charge in [0, 0.05) is 25.7 Å². The van der Waals surface area contributed by atoms with Crippen LogP contribution in [0.4, 0.5) is 0 Å². The number of nitrogens with zero attached hydrogens (tertiary/aromatic N) is 2. The Hall–Kier alpha value is -1.82. The molecule has 2 aliphatic rings. The molecule has 2 aliphatic heterocycles. The van der Waals surface area contributed by atoms with E-state index in [1.165, 1.54) is 0 Å². The zero-order valence-electron chi connectivity index (χ0n) is 12.9. The van der Waals surface area contributed by atoms with E-state index >= 15 is 0 Å². The minimum absolute atomic E-state index is 0.111. The number of ether oxygens (including phenoxy) is 2. The molecule has 0 amide bonds. The SMILES string of the molecule is Cc1nc2c(o1)CC(CC(C)c1nc3c(o1)CCCO3)OC2. The Bertz CT molecular complexity index is 652. The molecule has 0 radical (unpaired) electrons. The topological polar surface area (TPSA) is 70.5 Å². The fourth-order valence-corrected chi connectivity index (χ4v) is 3.13. The van der Waals surface area contributed by atoms with E-state index < -0.39 is 0 Å². The first kappa shape index (κ1) is 13.8. The molecule has 2 aromatic rings. The maximum absolute atomic E-state index is 5.89. The van der Waals surface area contributed by atoms with E-state index in [-0.39, 0.29) is 12.0 Å². The number of aryl methyl sites for hydroxylation is 2. The summed E-state index contributed by atoms with van der Waals surface area (Å²) in [5, 5.41) is 0. The quantitative estimate of drug-likeness (QED) is 0.868. The van der Waals surface area contributed by atoms with E-state index in [1.54, 1.807) is 0 Å². The van der Waals surface area contributed by atoms with Crippen molar-refractivity contribution in [3.05, 3.63) is 29.0 Å². The molecule has 2 unspecified atom stereocenters. The third kappa shape index (κ3) is 2.52. The van der Waals surface area contributed by atoms with E-state index in [4.69, 9.17) is 18.3 Å². The Balaban J connectivity index is 1.44. The number of hydrogen-bond acceptors (Lipinski definition) is 6. The lowest BCUT2D eigenvalue weighted by Gasteiger charge is -2.22. The van der Waals surface area contributed by atoms with Crippen molar-refractivity contribution in [3.63, 3.8) is 0 Å². The van der Waals surface area contributed by atoms with Crippen LogP contribution in [0.5, 0.6) is 5.88 Å². The summed E-state index contributed by atoms with van der Waals surface area (Å²) in [4.78, 5) is 8.81. The predicted octanol–water partition coefficient (Wildman–Crippen LogP) is 2.93. The van der Waals surface area contributed by atoms with Crippen molar-refractivity contribution in [2.24, 2.45) is 0 Å². The second-order valence-corrected chi connectivity index (χ2v) is 6.11. The lowest BCUT2D eigenvalue weighted by atomic mass is 9.99. The highest BCUT2D eigenvalue weighted by Gasteiger charge is 2.28. The van der Waals surface area contributed by atoms with Crippen LogP contribution in [0.25, 0.3) is 0 Å². The van der Waals surface area contributed by atoms with Crippen molar-refractivity contribution in [1.29, 1.82) is 0 Å². The first-order chi connectivity index (χ1) is 10.7. The normalized spacial score (nSPS) is 21.8. The van der Waals surface area contributed by atoms with Crippen LogP contribution in [0, 0.1) is 6.92 Å². The molecular weight excluding hydrogens is 284 g/mol. The highest BCUT2D eigenvalue weighted by molar-refractivity contribution is 5.20. The maximum Gasteiger partial charge on any atom is 0.256 e. The van der Waals surface area contributed by atoms with Gasteiger partial charge in [0.1, 0.15) is 11.5 Å². The van der Waals surface area contributed by atoms with E-state index in [1.807, 2.05) is 6.92 Å². The van der Waals surface area contributed by atoms with Crippen molar-refractivity contribution < 1.29 is 18.3 Å². The van der Waals surface area contributed by atoms with Gasteiger partial charge < -0.3 is 18.3 Å². The Labute approximate surface area is 128 Å². The highest BCUT2D eigenvalue weighted by Crippen LogP contribution is 2.32. The van der Waals surface area contributed by atoms with Crippen LogP contribution in [-0.2, 0) is 24.2 Å². The van der Waals surface area contributed by atoms with Gasteiger partial charge in [-0.15, -0.1) is 0 Å². The van der Waals surface area contributed by atoms with Crippen molar-refractivity contribution >= 4 is 0 Å². The van der Waals surface area contributed by atoms with Crippen LogP contribution in [-0.4, -0.2) is 22.7 Å². The van der Waals surface area contributed by atoms with Gasteiger partial charge >= 0.3 is 0 Å². The first-order valence-electron chi connectivity index (χ1n) is 7.88. The molecule has 0 fully saturated rings. The lowest BCUT2D eigenvalue weighted by Crippen LogP contribution is -2.23. The molecule has 0 N–H and O–H groups in total. The van der Waals surface area contributed by atoms with Gasteiger partial charge in [0.05, 0.1) is 19.3 Å². The number of rotatable bonds is 3. The van der Waals surface area contributed by atoms with Crippen molar-refractivity contribution in [2.75, 3.05) is 6.61 Å². The molecule has 118 valence electrons. The lowest BCUT2D eigenvalue weighted by molar-refractivity contribution is 0.0116. The maximum atomic E-state index is 5.89. The minimum atomic E-state index is 0.111. The van der Waals surface area contributed by atoms with Gasteiger partial charge in [-0.25, -0.2) is 4.98 Å². The summed E-state index contributed by atoms with van der Waals surface area (Å²) in [6.45, 7) is 5.23. The van der Waals surface area contributed by atoms with E-state index in [0.717, 1.165) is 55.4 Å². The molecule has 0 bridgehead atoms. The van der Waals surface area contributed by atoms with Crippen molar-refractivity contribution in [2.45, 2.75) is 58.2 Å². The molecule has 4 rings (SSSR count). The molecule has 0 saturated heterocycles. The van der Waals surface area contributed by atoms with Crippen molar-refractivity contribution in [1.82, 2.24) is 9.97 Å². The van der Waals surface area contributed by atoms with Gasteiger partial charge in [-0.3, -0.25) is 0 Å². The summed E-state index contributed by atoms with van der Waals surface area (Å²) in [6, 6.07) is 0. The molecule has 0 spiro atoms. The van der Waals surface area contributed by atoms with Crippen LogP contribution in [0.2, 0.25) is 0 Å². The number of hydrogen-bond donors (Lipinski definition) is 0. The summed E-state index contributed by atoms with van der Waals surface area (Å²) in [6.07, 6.45) is 3.63. The average molecular weight is 304 g/mol. The summed E-state index contributed by atoms with van der Waals surface area (Å²) in [7, 11) is 0. The second-order valence-electron chi connectivity index (χ2n) is 6.11. The number of aromatic nitrogens is 2. The van der Waals surface area contributed by atoms with Crippen LogP contribution in [0.3, 0.4) is 0 Å². The van der Waals surface area contributed by atoms with Gasteiger partial charge in [-0.2, -0.15) is 4.98 Å². The number of fused-ring (bicyclic) bond motifs is 2. The molecule has 6 heteroatoms. The third-order valence-corrected chi connectivity index (χ3v) is 4.26. The zero-order chi connectivity index (χ0) is 15.1. The predicted molar refractivity (Wildman–Crippen MR) is 76.9 cm³/mol. The molecule has 2 aromatic heterocycles. The molecular formula is C16H20N2O4. The fourth-order valence-electron chi connectivity index (χ4n) is 3.13. The smallest absolute Gasteiger partial charge is 0.256 e. The van der Waals surface area contributed by atoms with E-state index in [2.05, 4.69) is 16.9 Å². The summed E-state index contributed by atoms with van der Waals surface area (Å²) in [5.74, 6) is 4.15. The fraction of sp³-hybridized carbons (Fsp3) is 0.625. The van der Waals surface area contributed by atoms with Crippen LogP contribution in [0.1, 0.15) is 54.7 Å². The Morgan fingerprint density at radius 3 is 3.00 bits per heavy atom. The Kier molecular flexibility index (Phi) is 3.41.